The van der Waals surface area contributed by atoms with Crippen LogP contribution in [-0.4, -0.2) is 30.6 Å². The molecule has 0 aromatic heterocycles. The first kappa shape index (κ1) is 15.9. The number of para-hydroxylation sites is 1. The van der Waals surface area contributed by atoms with E-state index in [0.29, 0.717) is 13.2 Å². The molecule has 0 bridgehead atoms. The summed E-state index contributed by atoms with van der Waals surface area (Å²) in [5.74, 6) is 0.806. The lowest BCUT2D eigenvalue weighted by atomic mass is 9.80. The Balaban J connectivity index is 1.65. The van der Waals surface area contributed by atoms with Crippen LogP contribution in [0, 0.1) is 11.8 Å². The smallest absolute Gasteiger partial charge is 0.311 e. The van der Waals surface area contributed by atoms with Crippen LogP contribution >= 0.6 is 0 Å². The van der Waals surface area contributed by atoms with Crippen molar-refractivity contribution in [2.75, 3.05) is 19.8 Å². The summed E-state index contributed by atoms with van der Waals surface area (Å²) in [6, 6.07) is 17.1. The van der Waals surface area contributed by atoms with Crippen molar-refractivity contribution in [1.29, 1.82) is 0 Å². The monoisotopic (exact) mass is 349 g/mol. The third-order valence-electron chi connectivity index (χ3n) is 6.16. The molecule has 3 heterocycles. The van der Waals surface area contributed by atoms with Crippen molar-refractivity contribution in [3.05, 3.63) is 65.2 Å². The molecule has 3 aliphatic rings. The highest BCUT2D eigenvalue weighted by Crippen LogP contribution is 2.57. The largest absolute Gasteiger partial charge is 0.493 e. The van der Waals surface area contributed by atoms with E-state index in [2.05, 4.69) is 41.3 Å². The van der Waals surface area contributed by atoms with Gasteiger partial charge in [0.15, 0.2) is 0 Å². The minimum atomic E-state index is -0.185. The van der Waals surface area contributed by atoms with Crippen LogP contribution in [0.15, 0.2) is 48.5 Å². The number of rotatable bonds is 2. The molecule has 2 aromatic rings. The summed E-state index contributed by atoms with van der Waals surface area (Å²) in [4.78, 5) is 15.5. The van der Waals surface area contributed by atoms with Gasteiger partial charge in [0.05, 0.1) is 19.1 Å². The van der Waals surface area contributed by atoms with Crippen molar-refractivity contribution >= 4 is 5.97 Å². The summed E-state index contributed by atoms with van der Waals surface area (Å²) in [5, 5.41) is 0. The number of nitrogens with zero attached hydrogens (tertiary/aromatic N) is 1. The van der Waals surface area contributed by atoms with Crippen LogP contribution in [0.1, 0.15) is 35.7 Å². The molecule has 3 aliphatic heterocycles. The van der Waals surface area contributed by atoms with Gasteiger partial charge in [0.2, 0.25) is 0 Å². The van der Waals surface area contributed by atoms with E-state index < -0.39 is 0 Å². The van der Waals surface area contributed by atoms with Crippen LogP contribution in [-0.2, 0) is 16.0 Å². The molecule has 0 N–H and O–H groups in total. The second-order valence-corrected chi connectivity index (χ2v) is 7.37. The molecule has 26 heavy (non-hydrogen) atoms. The molecule has 4 heteroatoms. The molecule has 0 spiro atoms. The SMILES string of the molecule is CCOC(=O)[C@H]1[C@@H]2COc3ccccc3[C@H]2N2CCc3ccccc3[C@@H]12. The highest BCUT2D eigenvalue weighted by Gasteiger charge is 2.56. The van der Waals surface area contributed by atoms with E-state index >= 15 is 0 Å². The van der Waals surface area contributed by atoms with Gasteiger partial charge in [0.25, 0.3) is 0 Å². The molecule has 0 unspecified atom stereocenters. The number of carbonyl (C=O) groups excluding carboxylic acids is 1. The Bertz CT molecular complexity index is 849. The van der Waals surface area contributed by atoms with E-state index in [1.807, 2.05) is 19.1 Å². The molecule has 2 aromatic carbocycles. The fraction of sp³-hybridized carbons (Fsp3) is 0.409. The highest BCUT2D eigenvalue weighted by atomic mass is 16.5. The maximum Gasteiger partial charge on any atom is 0.311 e. The van der Waals surface area contributed by atoms with Gasteiger partial charge in [-0.05, 0) is 30.5 Å². The lowest BCUT2D eigenvalue weighted by molar-refractivity contribution is -0.151. The lowest BCUT2D eigenvalue weighted by Crippen LogP contribution is -2.36. The molecule has 1 saturated heterocycles. The van der Waals surface area contributed by atoms with Gasteiger partial charge in [0, 0.05) is 30.1 Å². The van der Waals surface area contributed by atoms with Crippen molar-refractivity contribution in [3.8, 4) is 5.75 Å². The normalized spacial score (nSPS) is 29.0. The number of hydrogen-bond donors (Lipinski definition) is 0. The molecule has 0 saturated carbocycles. The van der Waals surface area contributed by atoms with E-state index in [0.717, 1.165) is 18.7 Å². The minimum absolute atomic E-state index is 0.0729. The average molecular weight is 349 g/mol. The van der Waals surface area contributed by atoms with Gasteiger partial charge < -0.3 is 9.47 Å². The van der Waals surface area contributed by atoms with Crippen LogP contribution in [0.5, 0.6) is 5.75 Å². The molecular weight excluding hydrogens is 326 g/mol. The molecule has 0 aliphatic carbocycles. The Hall–Kier alpha value is -2.33. The van der Waals surface area contributed by atoms with Crippen LogP contribution in [0.2, 0.25) is 0 Å². The zero-order valence-electron chi connectivity index (χ0n) is 14.9. The number of benzene rings is 2. The van der Waals surface area contributed by atoms with Gasteiger partial charge in [-0.1, -0.05) is 42.5 Å². The lowest BCUT2D eigenvalue weighted by Gasteiger charge is -2.38. The van der Waals surface area contributed by atoms with Gasteiger partial charge in [-0.15, -0.1) is 0 Å². The predicted molar refractivity (Wildman–Crippen MR) is 97.9 cm³/mol. The second kappa shape index (κ2) is 6.13. The Morgan fingerprint density at radius 3 is 2.73 bits per heavy atom. The van der Waals surface area contributed by atoms with Gasteiger partial charge in [-0.25, -0.2) is 0 Å². The Labute approximate surface area is 153 Å². The summed E-state index contributed by atoms with van der Waals surface area (Å²) >= 11 is 0. The van der Waals surface area contributed by atoms with Crippen LogP contribution in [0.3, 0.4) is 0 Å². The van der Waals surface area contributed by atoms with E-state index in [1.54, 1.807) is 0 Å². The van der Waals surface area contributed by atoms with Gasteiger partial charge >= 0.3 is 5.97 Å². The number of hydrogen-bond acceptors (Lipinski definition) is 4. The van der Waals surface area contributed by atoms with Crippen molar-refractivity contribution in [2.45, 2.75) is 25.4 Å². The molecule has 4 nitrogen and oxygen atoms in total. The molecule has 1 fully saturated rings. The quantitative estimate of drug-likeness (QED) is 0.778. The Kier molecular flexibility index (Phi) is 3.75. The third-order valence-corrected chi connectivity index (χ3v) is 6.16. The van der Waals surface area contributed by atoms with Gasteiger partial charge in [-0.3, -0.25) is 9.69 Å². The van der Waals surface area contributed by atoms with Gasteiger partial charge in [-0.2, -0.15) is 0 Å². The second-order valence-electron chi connectivity index (χ2n) is 7.37. The zero-order chi connectivity index (χ0) is 17.7. The number of ether oxygens (including phenoxy) is 2. The van der Waals surface area contributed by atoms with Crippen LogP contribution in [0.4, 0.5) is 0 Å². The van der Waals surface area contributed by atoms with E-state index in [-0.39, 0.29) is 29.9 Å². The molecule has 0 radical (unpaired) electrons. The molecule has 4 atom stereocenters. The van der Waals surface area contributed by atoms with Crippen molar-refractivity contribution < 1.29 is 14.3 Å². The summed E-state index contributed by atoms with van der Waals surface area (Å²) in [6.45, 7) is 3.83. The number of fused-ring (bicyclic) bond motifs is 7. The van der Waals surface area contributed by atoms with E-state index in [1.165, 1.54) is 16.7 Å². The fourth-order valence-electron chi connectivity index (χ4n) is 5.19. The Morgan fingerprint density at radius 1 is 1.12 bits per heavy atom. The van der Waals surface area contributed by atoms with E-state index in [4.69, 9.17) is 9.47 Å². The maximum absolute atomic E-state index is 13.0. The first-order valence-corrected chi connectivity index (χ1v) is 9.51. The van der Waals surface area contributed by atoms with E-state index in [9.17, 15) is 4.79 Å². The summed E-state index contributed by atoms with van der Waals surface area (Å²) < 4.78 is 11.6. The standard InChI is InChI=1S/C22H23NO3/c1-2-25-22(24)19-17-13-26-18-10-6-5-9-16(18)20(17)23-12-11-14-7-3-4-8-15(14)21(19)23/h3-10,17,19-21H,2,11-13H2,1H3/t17-,19-,20+,21-/m0/s1. The van der Waals surface area contributed by atoms with Crippen molar-refractivity contribution in [2.24, 2.45) is 11.8 Å². The summed E-state index contributed by atoms with van der Waals surface area (Å²) in [7, 11) is 0. The first-order valence-electron chi connectivity index (χ1n) is 9.51. The third kappa shape index (κ3) is 2.21. The number of carbonyl (C=O) groups is 1. The fourth-order valence-corrected chi connectivity index (χ4v) is 5.19. The number of esters is 1. The molecule has 134 valence electrons. The van der Waals surface area contributed by atoms with Gasteiger partial charge in [0.1, 0.15) is 5.75 Å². The maximum atomic E-state index is 13.0. The van der Waals surface area contributed by atoms with Crippen LogP contribution in [0.25, 0.3) is 0 Å². The average Bonchev–Trinajstić information content (AvgIpc) is 3.03. The minimum Gasteiger partial charge on any atom is -0.493 e. The topological polar surface area (TPSA) is 38.8 Å². The molecule has 5 rings (SSSR count). The first-order chi connectivity index (χ1) is 12.8. The molecule has 0 amide bonds. The highest BCUT2D eigenvalue weighted by molar-refractivity contribution is 5.75. The Morgan fingerprint density at radius 2 is 1.88 bits per heavy atom. The zero-order valence-corrected chi connectivity index (χ0v) is 14.9. The van der Waals surface area contributed by atoms with Crippen LogP contribution < -0.4 is 4.74 Å². The summed E-state index contributed by atoms with van der Waals surface area (Å²) in [5.41, 5.74) is 3.85. The predicted octanol–water partition coefficient (Wildman–Crippen LogP) is 3.53. The molecular formula is C22H23NO3. The van der Waals surface area contributed by atoms with Crippen molar-refractivity contribution in [3.63, 3.8) is 0 Å². The summed E-state index contributed by atoms with van der Waals surface area (Å²) in [6.07, 6.45) is 1.02. The van der Waals surface area contributed by atoms with Crippen molar-refractivity contribution in [1.82, 2.24) is 4.90 Å².